The van der Waals surface area contributed by atoms with Crippen LogP contribution in [0.4, 0.5) is 0 Å². The number of hydrogen-bond donors (Lipinski definition) is 1. The van der Waals surface area contributed by atoms with E-state index in [9.17, 15) is 0 Å². The number of fused-ring (bicyclic) bond motifs is 3. The van der Waals surface area contributed by atoms with E-state index in [2.05, 4.69) is 73.7 Å². The third-order valence-corrected chi connectivity index (χ3v) is 5.02. The Morgan fingerprint density at radius 3 is 2.42 bits per heavy atom. The van der Waals surface area contributed by atoms with Crippen LogP contribution in [0, 0.1) is 5.41 Å². The van der Waals surface area contributed by atoms with E-state index in [-0.39, 0.29) is 0 Å². The molecule has 1 N–H and O–H groups in total. The third kappa shape index (κ3) is 2.28. The van der Waals surface area contributed by atoms with E-state index in [0.717, 1.165) is 18.4 Å². The summed E-state index contributed by atoms with van der Waals surface area (Å²) in [6.45, 7) is 2.25. The molecule has 0 amide bonds. The zero-order valence-corrected chi connectivity index (χ0v) is 13.9. The summed E-state index contributed by atoms with van der Waals surface area (Å²) in [6, 6.07) is 23.8. The van der Waals surface area contributed by atoms with Gasteiger partial charge >= 0.3 is 0 Å². The molecular formula is C23H21N. The smallest absolute Gasteiger partial charge is 0.0250 e. The van der Waals surface area contributed by atoms with Gasteiger partial charge < -0.3 is 5.41 Å². The lowest BCUT2D eigenvalue weighted by Crippen LogP contribution is -1.99. The standard InChI is InChI=1S/C23H21N/c1-2-7-20-22-14-16(15-24)12-13-19(22)21-11-6-10-18(23(20)21)17-8-4-3-5-9-17/h3-6,8-15,20,24H,2,7H2,1H3. The highest BCUT2D eigenvalue weighted by atomic mass is 14.4. The normalized spacial score (nSPS) is 15.0. The zero-order chi connectivity index (χ0) is 16.5. The molecule has 4 rings (SSSR count). The van der Waals surface area contributed by atoms with Crippen LogP contribution < -0.4 is 0 Å². The number of benzene rings is 3. The lowest BCUT2D eigenvalue weighted by Gasteiger charge is -2.17. The average Bonchev–Trinajstić information content (AvgIpc) is 2.96. The van der Waals surface area contributed by atoms with Crippen molar-refractivity contribution in [3.8, 4) is 22.3 Å². The largest absolute Gasteiger partial charge is 0.308 e. The van der Waals surface area contributed by atoms with E-state index >= 15 is 0 Å². The van der Waals surface area contributed by atoms with Gasteiger partial charge in [0.15, 0.2) is 0 Å². The molecule has 3 aromatic rings. The summed E-state index contributed by atoms with van der Waals surface area (Å²) in [5, 5.41) is 7.59. The fraction of sp³-hybridized carbons (Fsp3) is 0.174. The third-order valence-electron chi connectivity index (χ3n) is 5.02. The molecule has 3 aromatic carbocycles. The van der Waals surface area contributed by atoms with Crippen molar-refractivity contribution < 1.29 is 0 Å². The molecule has 0 fully saturated rings. The van der Waals surface area contributed by atoms with Gasteiger partial charge in [-0.15, -0.1) is 0 Å². The molecule has 0 radical (unpaired) electrons. The fourth-order valence-electron chi connectivity index (χ4n) is 3.99. The van der Waals surface area contributed by atoms with E-state index in [0.29, 0.717) is 5.92 Å². The molecule has 0 saturated carbocycles. The molecule has 0 saturated heterocycles. The number of rotatable bonds is 4. The summed E-state index contributed by atoms with van der Waals surface area (Å²) in [4.78, 5) is 0. The molecule has 1 aliphatic carbocycles. The minimum atomic E-state index is 0.427. The van der Waals surface area contributed by atoms with Crippen LogP contribution in [0.3, 0.4) is 0 Å². The summed E-state index contributed by atoms with van der Waals surface area (Å²) in [7, 11) is 0. The molecule has 1 atom stereocenters. The second-order valence-electron chi connectivity index (χ2n) is 6.47. The Morgan fingerprint density at radius 2 is 1.67 bits per heavy atom. The predicted molar refractivity (Wildman–Crippen MR) is 102 cm³/mol. The molecule has 0 spiro atoms. The van der Waals surface area contributed by atoms with Gasteiger partial charge in [-0.3, -0.25) is 0 Å². The Labute approximate surface area is 143 Å². The molecular weight excluding hydrogens is 290 g/mol. The first-order valence-corrected chi connectivity index (χ1v) is 8.66. The van der Waals surface area contributed by atoms with Crippen molar-refractivity contribution in [1.29, 1.82) is 5.41 Å². The van der Waals surface area contributed by atoms with Crippen LogP contribution in [0.25, 0.3) is 22.3 Å². The van der Waals surface area contributed by atoms with Crippen molar-refractivity contribution in [3.05, 3.63) is 83.4 Å². The molecule has 1 nitrogen and oxygen atoms in total. The fourth-order valence-corrected chi connectivity index (χ4v) is 3.99. The Morgan fingerprint density at radius 1 is 0.875 bits per heavy atom. The molecule has 0 heterocycles. The number of nitrogens with one attached hydrogen (secondary N) is 1. The van der Waals surface area contributed by atoms with Crippen LogP contribution in [0.2, 0.25) is 0 Å². The summed E-state index contributed by atoms with van der Waals surface area (Å²) in [5.41, 5.74) is 9.17. The predicted octanol–water partition coefficient (Wildman–Crippen LogP) is 6.26. The lowest BCUT2D eigenvalue weighted by atomic mass is 9.87. The second kappa shape index (κ2) is 6.09. The quantitative estimate of drug-likeness (QED) is 0.550. The van der Waals surface area contributed by atoms with Gasteiger partial charge in [0.25, 0.3) is 0 Å². The van der Waals surface area contributed by atoms with E-state index in [1.54, 1.807) is 0 Å². The summed E-state index contributed by atoms with van der Waals surface area (Å²) < 4.78 is 0. The second-order valence-corrected chi connectivity index (χ2v) is 6.47. The Hall–Kier alpha value is -2.67. The van der Waals surface area contributed by atoms with E-state index < -0.39 is 0 Å². The summed E-state index contributed by atoms with van der Waals surface area (Å²) in [6.07, 6.45) is 3.75. The van der Waals surface area contributed by atoms with Crippen molar-refractivity contribution in [2.75, 3.05) is 0 Å². The van der Waals surface area contributed by atoms with Gasteiger partial charge in [0.1, 0.15) is 0 Å². The molecule has 118 valence electrons. The minimum Gasteiger partial charge on any atom is -0.308 e. The van der Waals surface area contributed by atoms with Crippen molar-refractivity contribution in [1.82, 2.24) is 0 Å². The topological polar surface area (TPSA) is 23.9 Å². The highest BCUT2D eigenvalue weighted by molar-refractivity contribution is 5.89. The summed E-state index contributed by atoms with van der Waals surface area (Å²) >= 11 is 0. The van der Waals surface area contributed by atoms with Crippen LogP contribution in [0.15, 0.2) is 66.7 Å². The van der Waals surface area contributed by atoms with Gasteiger partial charge in [-0.25, -0.2) is 0 Å². The number of hydrogen-bond acceptors (Lipinski definition) is 1. The van der Waals surface area contributed by atoms with Gasteiger partial charge in [0, 0.05) is 12.1 Å². The first-order valence-electron chi connectivity index (χ1n) is 8.66. The van der Waals surface area contributed by atoms with Gasteiger partial charge in [-0.05, 0) is 51.4 Å². The van der Waals surface area contributed by atoms with Crippen LogP contribution in [0.5, 0.6) is 0 Å². The van der Waals surface area contributed by atoms with E-state index in [1.165, 1.54) is 39.6 Å². The highest BCUT2D eigenvalue weighted by Crippen LogP contribution is 2.50. The van der Waals surface area contributed by atoms with Crippen molar-refractivity contribution in [2.45, 2.75) is 25.7 Å². The molecule has 1 aliphatic rings. The van der Waals surface area contributed by atoms with E-state index in [1.807, 2.05) is 0 Å². The van der Waals surface area contributed by atoms with Gasteiger partial charge in [-0.1, -0.05) is 74.0 Å². The zero-order valence-electron chi connectivity index (χ0n) is 13.9. The highest BCUT2D eigenvalue weighted by Gasteiger charge is 2.30. The van der Waals surface area contributed by atoms with Crippen molar-refractivity contribution in [3.63, 3.8) is 0 Å². The molecule has 0 bridgehead atoms. The van der Waals surface area contributed by atoms with Gasteiger partial charge in [0.05, 0.1) is 0 Å². The molecule has 1 heteroatoms. The van der Waals surface area contributed by atoms with Gasteiger partial charge in [-0.2, -0.15) is 0 Å². The van der Waals surface area contributed by atoms with Crippen LogP contribution in [-0.4, -0.2) is 6.21 Å². The Bertz CT molecular complexity index is 893. The average molecular weight is 311 g/mol. The van der Waals surface area contributed by atoms with Crippen LogP contribution in [-0.2, 0) is 0 Å². The monoisotopic (exact) mass is 311 g/mol. The van der Waals surface area contributed by atoms with Crippen LogP contribution in [0.1, 0.15) is 42.4 Å². The van der Waals surface area contributed by atoms with E-state index in [4.69, 9.17) is 5.41 Å². The molecule has 0 aromatic heterocycles. The first kappa shape index (κ1) is 14.9. The maximum Gasteiger partial charge on any atom is 0.0250 e. The van der Waals surface area contributed by atoms with Gasteiger partial charge in [0.2, 0.25) is 0 Å². The van der Waals surface area contributed by atoms with Crippen LogP contribution >= 0.6 is 0 Å². The lowest BCUT2D eigenvalue weighted by molar-refractivity contribution is 0.712. The molecule has 24 heavy (non-hydrogen) atoms. The maximum atomic E-state index is 7.59. The SMILES string of the molecule is CCCC1c2cc(C=N)ccc2-c2cccc(-c3ccccc3)c21. The molecule has 1 unspecified atom stereocenters. The van der Waals surface area contributed by atoms with Crippen molar-refractivity contribution in [2.24, 2.45) is 0 Å². The minimum absolute atomic E-state index is 0.427. The summed E-state index contributed by atoms with van der Waals surface area (Å²) in [5.74, 6) is 0.427. The maximum absolute atomic E-state index is 7.59. The Balaban J connectivity index is 1.96. The van der Waals surface area contributed by atoms with Crippen molar-refractivity contribution >= 4 is 6.21 Å². The Kier molecular flexibility index (Phi) is 3.78. The molecule has 0 aliphatic heterocycles. The first-order chi connectivity index (χ1) is 11.8.